The van der Waals surface area contributed by atoms with Crippen molar-refractivity contribution in [2.75, 3.05) is 0 Å². The Morgan fingerprint density at radius 2 is 2.17 bits per heavy atom. The van der Waals surface area contributed by atoms with Crippen LogP contribution in [0, 0.1) is 26.2 Å². The van der Waals surface area contributed by atoms with E-state index in [-0.39, 0.29) is 5.91 Å². The van der Waals surface area contributed by atoms with Crippen LogP contribution in [0.2, 0.25) is 0 Å². The summed E-state index contributed by atoms with van der Waals surface area (Å²) < 4.78 is 1.67. The van der Waals surface area contributed by atoms with Gasteiger partial charge < -0.3 is 5.32 Å². The highest BCUT2D eigenvalue weighted by atomic mass is 16.1. The van der Waals surface area contributed by atoms with E-state index in [1.54, 1.807) is 10.7 Å². The first kappa shape index (κ1) is 14.8. The molecule has 0 saturated heterocycles. The second kappa shape index (κ2) is 5.93. The molecule has 0 fully saturated rings. The molecule has 0 saturated carbocycles. The molecule has 23 heavy (non-hydrogen) atoms. The molecule has 0 aliphatic carbocycles. The van der Waals surface area contributed by atoms with Gasteiger partial charge in [0.1, 0.15) is 5.56 Å². The van der Waals surface area contributed by atoms with Crippen LogP contribution >= 0.6 is 0 Å². The third-order valence-corrected chi connectivity index (χ3v) is 3.57. The quantitative estimate of drug-likeness (QED) is 0.755. The molecule has 1 N–H and O–H groups in total. The van der Waals surface area contributed by atoms with Crippen LogP contribution in [0.25, 0.3) is 5.65 Å². The van der Waals surface area contributed by atoms with Gasteiger partial charge in [-0.1, -0.05) is 18.1 Å². The fraction of sp³-hybridized carbons (Fsp3) is 0.167. The van der Waals surface area contributed by atoms with Gasteiger partial charge in [0.15, 0.2) is 5.65 Å². The average Bonchev–Trinajstić information content (AvgIpc) is 2.97. The molecule has 2 aromatic heterocycles. The Morgan fingerprint density at radius 3 is 2.96 bits per heavy atom. The van der Waals surface area contributed by atoms with Crippen molar-refractivity contribution in [1.82, 2.24) is 19.9 Å². The normalized spacial score (nSPS) is 10.5. The van der Waals surface area contributed by atoms with E-state index >= 15 is 0 Å². The summed E-state index contributed by atoms with van der Waals surface area (Å²) in [6.45, 7) is 4.23. The SMILES string of the molecule is C#Cc1cccc(CNC(=O)c2cnn3c(C)cc(C)nc23)c1. The minimum atomic E-state index is -0.205. The van der Waals surface area contributed by atoms with Crippen LogP contribution < -0.4 is 5.32 Å². The van der Waals surface area contributed by atoms with Crippen molar-refractivity contribution >= 4 is 11.6 Å². The van der Waals surface area contributed by atoms with Gasteiger partial charge in [-0.2, -0.15) is 5.10 Å². The van der Waals surface area contributed by atoms with Crippen molar-refractivity contribution in [3.05, 3.63) is 64.6 Å². The van der Waals surface area contributed by atoms with Crippen molar-refractivity contribution in [3.63, 3.8) is 0 Å². The molecule has 5 heteroatoms. The summed E-state index contributed by atoms with van der Waals surface area (Å²) in [7, 11) is 0. The summed E-state index contributed by atoms with van der Waals surface area (Å²) in [4.78, 5) is 16.8. The monoisotopic (exact) mass is 304 g/mol. The lowest BCUT2D eigenvalue weighted by Gasteiger charge is -2.05. The van der Waals surface area contributed by atoms with Crippen molar-refractivity contribution in [3.8, 4) is 12.3 Å². The van der Waals surface area contributed by atoms with Gasteiger partial charge in [-0.25, -0.2) is 9.50 Å². The average molecular weight is 304 g/mol. The molecule has 1 amide bonds. The van der Waals surface area contributed by atoms with E-state index in [9.17, 15) is 4.79 Å². The van der Waals surface area contributed by atoms with Gasteiger partial charge in [0.2, 0.25) is 0 Å². The standard InChI is InChI=1S/C18H16N4O/c1-4-14-6-5-7-15(9-14)10-19-18(23)16-11-20-22-13(3)8-12(2)21-17(16)22/h1,5-9,11H,10H2,2-3H3,(H,19,23). The van der Waals surface area contributed by atoms with Crippen LogP contribution in [0.4, 0.5) is 0 Å². The Hall–Kier alpha value is -3.13. The maximum atomic E-state index is 12.4. The van der Waals surface area contributed by atoms with Gasteiger partial charge in [-0.3, -0.25) is 4.79 Å². The third kappa shape index (κ3) is 2.92. The van der Waals surface area contributed by atoms with Crippen LogP contribution in [-0.2, 0) is 6.54 Å². The summed E-state index contributed by atoms with van der Waals surface area (Å²) in [5.74, 6) is 2.38. The van der Waals surface area contributed by atoms with Crippen LogP contribution in [0.3, 0.4) is 0 Å². The number of carbonyl (C=O) groups is 1. The lowest BCUT2D eigenvalue weighted by molar-refractivity contribution is 0.0952. The molecule has 0 aliphatic rings. The molecule has 3 aromatic rings. The number of nitrogens with zero attached hydrogens (tertiary/aromatic N) is 3. The second-order valence-electron chi connectivity index (χ2n) is 5.36. The van der Waals surface area contributed by atoms with Gasteiger partial charge >= 0.3 is 0 Å². The molecule has 5 nitrogen and oxygen atoms in total. The van der Waals surface area contributed by atoms with Crippen molar-refractivity contribution in [2.24, 2.45) is 0 Å². The van der Waals surface area contributed by atoms with Crippen molar-refractivity contribution in [2.45, 2.75) is 20.4 Å². The Labute approximate surface area is 134 Å². The number of aromatic nitrogens is 3. The van der Waals surface area contributed by atoms with E-state index in [1.165, 1.54) is 0 Å². The number of fused-ring (bicyclic) bond motifs is 1. The highest BCUT2D eigenvalue weighted by molar-refractivity contribution is 5.99. The number of terminal acetylenes is 1. The maximum Gasteiger partial charge on any atom is 0.257 e. The topological polar surface area (TPSA) is 59.3 Å². The maximum absolute atomic E-state index is 12.4. The van der Waals surface area contributed by atoms with E-state index in [1.807, 2.05) is 44.2 Å². The minimum Gasteiger partial charge on any atom is -0.348 e. The molecule has 0 radical (unpaired) electrons. The number of amides is 1. The smallest absolute Gasteiger partial charge is 0.257 e. The summed E-state index contributed by atoms with van der Waals surface area (Å²) in [5.41, 5.74) is 4.56. The fourth-order valence-electron chi connectivity index (χ4n) is 2.48. The van der Waals surface area contributed by atoms with E-state index in [0.29, 0.717) is 17.8 Å². The summed E-state index contributed by atoms with van der Waals surface area (Å²) in [6.07, 6.45) is 6.93. The third-order valence-electron chi connectivity index (χ3n) is 3.57. The second-order valence-corrected chi connectivity index (χ2v) is 5.36. The van der Waals surface area contributed by atoms with Crippen LogP contribution in [0.1, 0.15) is 32.9 Å². The fourth-order valence-corrected chi connectivity index (χ4v) is 2.48. The number of aryl methyl sites for hydroxylation is 2. The Kier molecular flexibility index (Phi) is 3.82. The first-order valence-corrected chi connectivity index (χ1v) is 7.24. The minimum absolute atomic E-state index is 0.205. The Morgan fingerprint density at radius 1 is 1.35 bits per heavy atom. The predicted octanol–water partition coefficient (Wildman–Crippen LogP) is 2.26. The van der Waals surface area contributed by atoms with Gasteiger partial charge in [0.25, 0.3) is 5.91 Å². The zero-order valence-corrected chi connectivity index (χ0v) is 13.0. The molecular formula is C18H16N4O. The number of hydrogen-bond acceptors (Lipinski definition) is 3. The molecule has 0 aliphatic heterocycles. The first-order chi connectivity index (χ1) is 11.1. The molecule has 114 valence electrons. The zero-order chi connectivity index (χ0) is 16.4. The number of carbonyl (C=O) groups excluding carboxylic acids is 1. The summed E-state index contributed by atoms with van der Waals surface area (Å²) >= 11 is 0. The first-order valence-electron chi connectivity index (χ1n) is 7.24. The highest BCUT2D eigenvalue weighted by Crippen LogP contribution is 2.12. The van der Waals surface area contributed by atoms with E-state index < -0.39 is 0 Å². The van der Waals surface area contributed by atoms with Gasteiger partial charge in [0, 0.05) is 23.5 Å². The highest BCUT2D eigenvalue weighted by Gasteiger charge is 2.15. The number of hydrogen-bond donors (Lipinski definition) is 1. The van der Waals surface area contributed by atoms with Crippen molar-refractivity contribution in [1.29, 1.82) is 0 Å². The number of benzene rings is 1. The molecule has 0 bridgehead atoms. The molecule has 3 rings (SSSR count). The van der Waals surface area contributed by atoms with E-state index in [0.717, 1.165) is 22.5 Å². The summed E-state index contributed by atoms with van der Waals surface area (Å²) in [6, 6.07) is 9.45. The van der Waals surface area contributed by atoms with Crippen LogP contribution in [-0.4, -0.2) is 20.5 Å². The van der Waals surface area contributed by atoms with Gasteiger partial charge in [-0.05, 0) is 37.6 Å². The molecular weight excluding hydrogens is 288 g/mol. The lowest BCUT2D eigenvalue weighted by Crippen LogP contribution is -2.23. The Bertz CT molecular complexity index is 934. The number of rotatable bonds is 3. The van der Waals surface area contributed by atoms with E-state index in [4.69, 9.17) is 6.42 Å². The van der Waals surface area contributed by atoms with Gasteiger partial charge in [-0.15, -0.1) is 6.42 Å². The van der Waals surface area contributed by atoms with Crippen molar-refractivity contribution < 1.29 is 4.79 Å². The Balaban J connectivity index is 1.82. The zero-order valence-electron chi connectivity index (χ0n) is 13.0. The molecule has 1 aromatic carbocycles. The largest absolute Gasteiger partial charge is 0.348 e. The molecule has 0 atom stereocenters. The van der Waals surface area contributed by atoms with Gasteiger partial charge in [0.05, 0.1) is 6.20 Å². The van der Waals surface area contributed by atoms with Crippen LogP contribution in [0.5, 0.6) is 0 Å². The van der Waals surface area contributed by atoms with Crippen LogP contribution in [0.15, 0.2) is 36.5 Å². The predicted molar refractivity (Wildman–Crippen MR) is 88.0 cm³/mol. The molecule has 0 spiro atoms. The lowest BCUT2D eigenvalue weighted by atomic mass is 10.1. The van der Waals surface area contributed by atoms with E-state index in [2.05, 4.69) is 21.3 Å². The number of nitrogens with one attached hydrogen (secondary N) is 1. The molecule has 0 unspecified atom stereocenters. The summed E-state index contributed by atoms with van der Waals surface area (Å²) in [5, 5.41) is 7.11. The molecule has 2 heterocycles.